The van der Waals surface area contributed by atoms with Crippen molar-refractivity contribution in [1.29, 1.82) is 0 Å². The lowest BCUT2D eigenvalue weighted by atomic mass is 9.99. The van der Waals surface area contributed by atoms with Crippen molar-refractivity contribution in [2.24, 2.45) is 0 Å². The van der Waals surface area contributed by atoms with Crippen LogP contribution >= 0.6 is 0 Å². The molecule has 1 rings (SSSR count). The van der Waals surface area contributed by atoms with E-state index in [9.17, 15) is 4.79 Å². The molecule has 3 heteroatoms. The third kappa shape index (κ3) is 3.24. The smallest absolute Gasteiger partial charge is 0.430 e. The fourth-order valence-corrected chi connectivity index (χ4v) is 1.42. The summed E-state index contributed by atoms with van der Waals surface area (Å²) in [6.45, 7) is 5.64. The summed E-state index contributed by atoms with van der Waals surface area (Å²) in [4.78, 5) is 11.1. The van der Waals surface area contributed by atoms with E-state index in [0.29, 0.717) is 0 Å². The maximum absolute atomic E-state index is 11.1. The Kier molecular flexibility index (Phi) is 4.23. The second kappa shape index (κ2) is 5.47. The highest BCUT2D eigenvalue weighted by Crippen LogP contribution is 2.25. The first-order chi connectivity index (χ1) is 6.74. The van der Waals surface area contributed by atoms with Crippen LogP contribution in [0.3, 0.4) is 0 Å². The van der Waals surface area contributed by atoms with E-state index >= 15 is 0 Å². The molecule has 0 unspecified atom stereocenters. The van der Waals surface area contributed by atoms with E-state index in [1.165, 1.54) is 12.5 Å². The first kappa shape index (κ1) is 10.8. The van der Waals surface area contributed by atoms with Gasteiger partial charge >= 0.3 is 6.16 Å². The van der Waals surface area contributed by atoms with Gasteiger partial charge in [-0.1, -0.05) is 12.7 Å². The van der Waals surface area contributed by atoms with Gasteiger partial charge in [-0.2, -0.15) is 0 Å². The van der Waals surface area contributed by atoms with Crippen molar-refractivity contribution in [3.05, 3.63) is 24.0 Å². The number of rotatable bonds is 3. The van der Waals surface area contributed by atoms with E-state index < -0.39 is 6.16 Å². The van der Waals surface area contributed by atoms with Crippen molar-refractivity contribution in [2.75, 3.05) is 6.61 Å². The van der Waals surface area contributed by atoms with Crippen LogP contribution in [0.25, 0.3) is 0 Å². The minimum absolute atomic E-state index is 0.200. The molecule has 3 nitrogen and oxygen atoms in total. The van der Waals surface area contributed by atoms with Gasteiger partial charge in [0.2, 0.25) is 0 Å². The summed E-state index contributed by atoms with van der Waals surface area (Å²) in [5, 5.41) is 0. The van der Waals surface area contributed by atoms with E-state index in [2.05, 4.69) is 6.58 Å². The lowest BCUT2D eigenvalue weighted by molar-refractivity contribution is 0.0820. The maximum atomic E-state index is 11.1. The molecule has 0 fully saturated rings. The molecule has 0 N–H and O–H groups in total. The third-order valence-electron chi connectivity index (χ3n) is 2.21. The van der Waals surface area contributed by atoms with Crippen molar-refractivity contribution in [3.8, 4) is 0 Å². The molecule has 0 atom stereocenters. The average molecular weight is 196 g/mol. The predicted molar refractivity (Wildman–Crippen MR) is 53.8 cm³/mol. The molecule has 78 valence electrons. The van der Waals surface area contributed by atoms with Crippen LogP contribution in [0.5, 0.6) is 0 Å². The molecule has 0 spiro atoms. The molecule has 0 aromatic carbocycles. The highest BCUT2D eigenvalue weighted by atomic mass is 16.7. The molecular formula is C11H16O3. The number of hydrogen-bond donors (Lipinski definition) is 0. The number of carbonyl (C=O) groups excluding carboxylic acids is 1. The molecule has 0 aliphatic heterocycles. The molecule has 1 aliphatic carbocycles. The van der Waals surface area contributed by atoms with Gasteiger partial charge in [0.15, 0.2) is 0 Å². The molecule has 0 aromatic heterocycles. The number of hydrogen-bond acceptors (Lipinski definition) is 3. The number of allylic oxidation sites excluding steroid dienone is 2. The summed E-state index contributed by atoms with van der Waals surface area (Å²) in [6, 6.07) is 0. The van der Waals surface area contributed by atoms with Gasteiger partial charge in [-0.15, -0.1) is 0 Å². The minimum atomic E-state index is -0.624. The Balaban J connectivity index is 2.42. The first-order valence-electron chi connectivity index (χ1n) is 4.88. The van der Waals surface area contributed by atoms with Crippen molar-refractivity contribution in [1.82, 2.24) is 0 Å². The SMILES string of the molecule is C=CCOC(=O)OC1=C(C)CCCC1. The maximum Gasteiger partial charge on any atom is 0.513 e. The molecule has 0 heterocycles. The molecule has 0 aromatic rings. The van der Waals surface area contributed by atoms with Gasteiger partial charge in [0, 0.05) is 6.42 Å². The molecule has 14 heavy (non-hydrogen) atoms. The second-order valence-electron chi connectivity index (χ2n) is 3.36. The molecule has 0 radical (unpaired) electrons. The normalized spacial score (nSPS) is 16.4. The number of ether oxygens (including phenoxy) is 2. The molecule has 0 saturated heterocycles. The van der Waals surface area contributed by atoms with Crippen LogP contribution in [-0.2, 0) is 9.47 Å². The Hall–Kier alpha value is -1.25. The summed E-state index contributed by atoms with van der Waals surface area (Å²) >= 11 is 0. The van der Waals surface area contributed by atoms with Crippen LogP contribution in [0, 0.1) is 0 Å². The second-order valence-corrected chi connectivity index (χ2v) is 3.36. The molecule has 1 aliphatic rings. The Labute approximate surface area is 84.4 Å². The largest absolute Gasteiger partial charge is 0.513 e. The van der Waals surface area contributed by atoms with Crippen LogP contribution in [-0.4, -0.2) is 12.8 Å². The van der Waals surface area contributed by atoms with Crippen LogP contribution in [0.1, 0.15) is 32.6 Å². The summed E-state index contributed by atoms with van der Waals surface area (Å²) in [6.07, 6.45) is 5.02. The van der Waals surface area contributed by atoms with Crippen molar-refractivity contribution < 1.29 is 14.3 Å². The zero-order chi connectivity index (χ0) is 10.4. The Bertz CT molecular complexity index is 253. The van der Waals surface area contributed by atoms with Crippen LogP contribution in [0.2, 0.25) is 0 Å². The van der Waals surface area contributed by atoms with Crippen molar-refractivity contribution in [3.63, 3.8) is 0 Å². The fraction of sp³-hybridized carbons (Fsp3) is 0.545. The molecule has 0 bridgehead atoms. The summed E-state index contributed by atoms with van der Waals surface area (Å²) in [5.41, 5.74) is 1.16. The minimum Gasteiger partial charge on any atom is -0.430 e. The van der Waals surface area contributed by atoms with E-state index in [0.717, 1.165) is 30.6 Å². The third-order valence-corrected chi connectivity index (χ3v) is 2.21. The topological polar surface area (TPSA) is 35.5 Å². The zero-order valence-electron chi connectivity index (χ0n) is 8.54. The van der Waals surface area contributed by atoms with Gasteiger partial charge in [-0.3, -0.25) is 0 Å². The van der Waals surface area contributed by atoms with Crippen molar-refractivity contribution >= 4 is 6.16 Å². The summed E-state index contributed by atoms with van der Waals surface area (Å²) in [5.74, 6) is 0.783. The average Bonchev–Trinajstić information content (AvgIpc) is 2.18. The Morgan fingerprint density at radius 1 is 1.50 bits per heavy atom. The van der Waals surface area contributed by atoms with Gasteiger partial charge < -0.3 is 9.47 Å². The van der Waals surface area contributed by atoms with E-state index in [1.54, 1.807) is 0 Å². The molecular weight excluding hydrogens is 180 g/mol. The Morgan fingerprint density at radius 3 is 2.86 bits per heavy atom. The van der Waals surface area contributed by atoms with Gasteiger partial charge in [0.25, 0.3) is 0 Å². The van der Waals surface area contributed by atoms with E-state index in [-0.39, 0.29) is 6.61 Å². The fourth-order valence-electron chi connectivity index (χ4n) is 1.42. The summed E-state index contributed by atoms with van der Waals surface area (Å²) in [7, 11) is 0. The van der Waals surface area contributed by atoms with Gasteiger partial charge in [0.1, 0.15) is 12.4 Å². The quantitative estimate of drug-likeness (QED) is 0.513. The molecule has 0 amide bonds. The van der Waals surface area contributed by atoms with E-state index in [1.807, 2.05) is 6.92 Å². The van der Waals surface area contributed by atoms with Crippen LogP contribution in [0.4, 0.5) is 4.79 Å². The standard InChI is InChI=1S/C11H16O3/c1-3-8-13-11(12)14-10-7-5-4-6-9(10)2/h3H,1,4-8H2,2H3. The monoisotopic (exact) mass is 196 g/mol. The number of carbonyl (C=O) groups is 1. The highest BCUT2D eigenvalue weighted by Gasteiger charge is 2.14. The zero-order valence-corrected chi connectivity index (χ0v) is 8.54. The van der Waals surface area contributed by atoms with Gasteiger partial charge in [-0.25, -0.2) is 4.79 Å². The van der Waals surface area contributed by atoms with Crippen LogP contribution < -0.4 is 0 Å². The lowest BCUT2D eigenvalue weighted by Gasteiger charge is -2.16. The van der Waals surface area contributed by atoms with E-state index in [4.69, 9.17) is 9.47 Å². The first-order valence-corrected chi connectivity index (χ1v) is 4.88. The summed E-state index contributed by atoms with van der Waals surface area (Å²) < 4.78 is 9.81. The molecule has 0 saturated carbocycles. The lowest BCUT2D eigenvalue weighted by Crippen LogP contribution is -2.10. The predicted octanol–water partition coefficient (Wildman–Crippen LogP) is 3.17. The van der Waals surface area contributed by atoms with Gasteiger partial charge in [0.05, 0.1) is 0 Å². The van der Waals surface area contributed by atoms with Crippen molar-refractivity contribution in [2.45, 2.75) is 32.6 Å². The highest BCUT2D eigenvalue weighted by molar-refractivity contribution is 5.61. The van der Waals surface area contributed by atoms with Gasteiger partial charge in [-0.05, 0) is 31.8 Å². The Morgan fingerprint density at radius 2 is 2.21 bits per heavy atom. The van der Waals surface area contributed by atoms with Crippen LogP contribution in [0.15, 0.2) is 24.0 Å².